The molecule has 100 valence electrons. The number of hydrogen-bond acceptors (Lipinski definition) is 0. The van der Waals surface area contributed by atoms with Crippen molar-refractivity contribution >= 4 is 21.5 Å². The van der Waals surface area contributed by atoms with Gasteiger partial charge in [0.2, 0.25) is 0 Å². The molecule has 0 spiro atoms. The van der Waals surface area contributed by atoms with Gasteiger partial charge in [-0.1, -0.05) is 87.9 Å². The van der Waals surface area contributed by atoms with Crippen LogP contribution in [-0.4, -0.2) is 0 Å². The normalized spacial score (nSPS) is 9.32. The lowest BCUT2D eigenvalue weighted by Gasteiger charge is -2.04. The molecule has 0 N–H and O–H groups in total. The summed E-state index contributed by atoms with van der Waals surface area (Å²) in [7, 11) is 0. The molecular formula is C19H24. The molecule has 0 nitrogen and oxygen atoms in total. The van der Waals surface area contributed by atoms with E-state index in [1.807, 2.05) is 27.7 Å². The Morgan fingerprint density at radius 3 is 1.89 bits per heavy atom. The average Bonchev–Trinajstić information content (AvgIpc) is 2.51. The van der Waals surface area contributed by atoms with Gasteiger partial charge in [-0.2, -0.15) is 0 Å². The van der Waals surface area contributed by atoms with Crippen molar-refractivity contribution in [2.24, 2.45) is 0 Å². The highest BCUT2D eigenvalue weighted by Crippen LogP contribution is 2.25. The SMILES string of the molecule is CC.CC.Cc1ccc2c(ccc3ccccc32)c1. The van der Waals surface area contributed by atoms with Gasteiger partial charge >= 0.3 is 0 Å². The van der Waals surface area contributed by atoms with Crippen LogP contribution in [0.1, 0.15) is 33.3 Å². The van der Waals surface area contributed by atoms with Crippen LogP contribution in [0.25, 0.3) is 21.5 Å². The summed E-state index contributed by atoms with van der Waals surface area (Å²) in [4.78, 5) is 0. The predicted molar refractivity (Wildman–Crippen MR) is 88.9 cm³/mol. The summed E-state index contributed by atoms with van der Waals surface area (Å²) in [5, 5.41) is 5.33. The first-order valence-electron chi connectivity index (χ1n) is 7.23. The third-order valence-electron chi connectivity index (χ3n) is 2.90. The molecule has 0 fully saturated rings. The highest BCUT2D eigenvalue weighted by atomic mass is 14.0. The molecule has 19 heavy (non-hydrogen) atoms. The zero-order valence-corrected chi connectivity index (χ0v) is 12.7. The zero-order valence-electron chi connectivity index (χ0n) is 12.7. The van der Waals surface area contributed by atoms with Crippen LogP contribution in [0.15, 0.2) is 54.6 Å². The molecule has 0 aliphatic carbocycles. The summed E-state index contributed by atoms with van der Waals surface area (Å²) < 4.78 is 0. The third kappa shape index (κ3) is 3.35. The van der Waals surface area contributed by atoms with E-state index in [9.17, 15) is 0 Å². The molecule has 0 amide bonds. The van der Waals surface area contributed by atoms with E-state index < -0.39 is 0 Å². The Morgan fingerprint density at radius 1 is 0.579 bits per heavy atom. The van der Waals surface area contributed by atoms with Crippen LogP contribution >= 0.6 is 0 Å². The molecule has 0 saturated heterocycles. The molecule has 3 aromatic carbocycles. The molecule has 0 aliphatic rings. The molecule has 0 bridgehead atoms. The second-order valence-electron chi connectivity index (χ2n) is 4.01. The maximum absolute atomic E-state index is 2.24. The van der Waals surface area contributed by atoms with E-state index in [1.165, 1.54) is 27.1 Å². The van der Waals surface area contributed by atoms with Crippen molar-refractivity contribution in [2.75, 3.05) is 0 Å². The Balaban J connectivity index is 0.000000415. The van der Waals surface area contributed by atoms with Crippen molar-refractivity contribution in [1.29, 1.82) is 0 Å². The van der Waals surface area contributed by atoms with Gasteiger partial charge < -0.3 is 0 Å². The number of aryl methyl sites for hydroxylation is 1. The Hall–Kier alpha value is -1.82. The molecule has 3 rings (SSSR count). The van der Waals surface area contributed by atoms with Crippen LogP contribution in [0.3, 0.4) is 0 Å². The Labute approximate surface area is 117 Å². The lowest BCUT2D eigenvalue weighted by atomic mass is 10.0. The fourth-order valence-electron chi connectivity index (χ4n) is 2.13. The highest BCUT2D eigenvalue weighted by Gasteiger charge is 1.98. The lowest BCUT2D eigenvalue weighted by Crippen LogP contribution is -1.78. The van der Waals surface area contributed by atoms with Gasteiger partial charge in [0.15, 0.2) is 0 Å². The summed E-state index contributed by atoms with van der Waals surface area (Å²) in [6.45, 7) is 10.1. The van der Waals surface area contributed by atoms with Gasteiger partial charge in [0.05, 0.1) is 0 Å². The van der Waals surface area contributed by atoms with Gasteiger partial charge in [0, 0.05) is 0 Å². The first kappa shape index (κ1) is 15.2. The smallest absolute Gasteiger partial charge is 0.0105 e. The van der Waals surface area contributed by atoms with Gasteiger partial charge in [-0.05, 0) is 28.5 Å². The topological polar surface area (TPSA) is 0 Å². The van der Waals surface area contributed by atoms with Crippen molar-refractivity contribution in [2.45, 2.75) is 34.6 Å². The molecule has 0 aliphatic heterocycles. The first-order valence-corrected chi connectivity index (χ1v) is 7.23. The molecule has 0 heterocycles. The maximum Gasteiger partial charge on any atom is -0.0105 e. The minimum absolute atomic E-state index is 1.31. The fraction of sp³-hybridized carbons (Fsp3) is 0.263. The summed E-state index contributed by atoms with van der Waals surface area (Å²) in [5.41, 5.74) is 1.32. The van der Waals surface area contributed by atoms with Crippen LogP contribution in [-0.2, 0) is 0 Å². The second-order valence-corrected chi connectivity index (χ2v) is 4.01. The molecule has 0 unspecified atom stereocenters. The van der Waals surface area contributed by atoms with Crippen LogP contribution in [0.4, 0.5) is 0 Å². The van der Waals surface area contributed by atoms with E-state index in [1.54, 1.807) is 0 Å². The number of rotatable bonds is 0. The second kappa shape index (κ2) is 7.58. The molecular weight excluding hydrogens is 228 g/mol. The van der Waals surface area contributed by atoms with Crippen molar-refractivity contribution in [3.05, 3.63) is 60.2 Å². The van der Waals surface area contributed by atoms with E-state index >= 15 is 0 Å². The van der Waals surface area contributed by atoms with E-state index in [4.69, 9.17) is 0 Å². The predicted octanol–water partition coefficient (Wildman–Crippen LogP) is 6.35. The van der Waals surface area contributed by atoms with Gasteiger partial charge in [-0.15, -0.1) is 0 Å². The van der Waals surface area contributed by atoms with E-state index in [2.05, 4.69) is 61.5 Å². The van der Waals surface area contributed by atoms with Gasteiger partial charge in [0.25, 0.3) is 0 Å². The number of fused-ring (bicyclic) bond motifs is 3. The highest BCUT2D eigenvalue weighted by molar-refractivity contribution is 6.07. The molecule has 0 aromatic heterocycles. The van der Waals surface area contributed by atoms with E-state index in [0.29, 0.717) is 0 Å². The number of hydrogen-bond donors (Lipinski definition) is 0. The number of benzene rings is 3. The Morgan fingerprint density at radius 2 is 1.16 bits per heavy atom. The fourth-order valence-corrected chi connectivity index (χ4v) is 2.13. The molecule has 0 atom stereocenters. The molecule has 0 saturated carbocycles. The first-order chi connectivity index (χ1) is 9.34. The van der Waals surface area contributed by atoms with E-state index in [0.717, 1.165) is 0 Å². The monoisotopic (exact) mass is 252 g/mol. The molecule has 0 radical (unpaired) electrons. The van der Waals surface area contributed by atoms with Gasteiger partial charge in [0.1, 0.15) is 0 Å². The van der Waals surface area contributed by atoms with Crippen molar-refractivity contribution in [1.82, 2.24) is 0 Å². The van der Waals surface area contributed by atoms with Crippen LogP contribution < -0.4 is 0 Å². The Kier molecular flexibility index (Phi) is 6.08. The van der Waals surface area contributed by atoms with Gasteiger partial charge in [-0.25, -0.2) is 0 Å². The minimum Gasteiger partial charge on any atom is -0.0683 e. The summed E-state index contributed by atoms with van der Waals surface area (Å²) in [5.74, 6) is 0. The largest absolute Gasteiger partial charge is 0.0683 e. The van der Waals surface area contributed by atoms with Crippen LogP contribution in [0.5, 0.6) is 0 Å². The maximum atomic E-state index is 2.24. The zero-order chi connectivity index (χ0) is 14.3. The minimum atomic E-state index is 1.31. The summed E-state index contributed by atoms with van der Waals surface area (Å²) >= 11 is 0. The lowest BCUT2D eigenvalue weighted by molar-refractivity contribution is 1.50. The van der Waals surface area contributed by atoms with E-state index in [-0.39, 0.29) is 0 Å². The van der Waals surface area contributed by atoms with Crippen molar-refractivity contribution in [3.63, 3.8) is 0 Å². The average molecular weight is 252 g/mol. The van der Waals surface area contributed by atoms with Crippen molar-refractivity contribution in [3.8, 4) is 0 Å². The van der Waals surface area contributed by atoms with Gasteiger partial charge in [-0.3, -0.25) is 0 Å². The molecule has 0 heteroatoms. The van der Waals surface area contributed by atoms with Crippen LogP contribution in [0, 0.1) is 6.92 Å². The van der Waals surface area contributed by atoms with Crippen LogP contribution in [0.2, 0.25) is 0 Å². The van der Waals surface area contributed by atoms with Crippen molar-refractivity contribution < 1.29 is 0 Å². The third-order valence-corrected chi connectivity index (χ3v) is 2.90. The quantitative estimate of drug-likeness (QED) is 0.409. The molecule has 3 aromatic rings. The standard InChI is InChI=1S/C15H12.2C2H6/c1-11-6-9-15-13(10-11)8-7-12-4-2-3-5-14(12)15;2*1-2/h2-10H,1H3;2*1-2H3. The summed E-state index contributed by atoms with van der Waals surface area (Å²) in [6, 6.07) is 19.6. The Bertz CT molecular complexity index is 636. The summed E-state index contributed by atoms with van der Waals surface area (Å²) in [6.07, 6.45) is 0.